The second kappa shape index (κ2) is 9.38. The number of carbonyl (C=O) groups excluding carboxylic acids is 2. The zero-order valence-electron chi connectivity index (χ0n) is 22.3. The number of imidazole rings is 1. The van der Waals surface area contributed by atoms with E-state index >= 15 is 0 Å². The molecule has 15 heteroatoms. The predicted molar refractivity (Wildman–Crippen MR) is 143 cm³/mol. The second-order valence-electron chi connectivity index (χ2n) is 10.4. The molecule has 4 aromatic heterocycles. The fraction of sp³-hybridized carbons (Fsp3) is 0.385. The minimum absolute atomic E-state index is 0.00831. The van der Waals surface area contributed by atoms with Crippen LogP contribution < -0.4 is 21.5 Å². The van der Waals surface area contributed by atoms with E-state index in [0.717, 1.165) is 9.13 Å². The van der Waals surface area contributed by atoms with Crippen molar-refractivity contribution >= 4 is 34.6 Å². The van der Waals surface area contributed by atoms with E-state index in [1.807, 2.05) is 0 Å². The highest BCUT2D eigenvalue weighted by atomic mass is 19.3. The lowest BCUT2D eigenvalue weighted by Gasteiger charge is -2.19. The van der Waals surface area contributed by atoms with Crippen LogP contribution in [0.3, 0.4) is 0 Å². The first kappa shape index (κ1) is 26.4. The largest absolute Gasteiger partial charge is 0.340 e. The number of aromatic nitrogens is 7. The van der Waals surface area contributed by atoms with Crippen LogP contribution in [0, 0.1) is 11.8 Å². The van der Waals surface area contributed by atoms with Crippen LogP contribution in [0.25, 0.3) is 22.4 Å². The molecule has 1 aliphatic heterocycles. The number of rotatable bonds is 7. The van der Waals surface area contributed by atoms with Crippen LogP contribution in [-0.4, -0.2) is 64.3 Å². The molecule has 1 amide bonds. The number of aryl methyl sites for hydroxylation is 1. The van der Waals surface area contributed by atoms with Crippen molar-refractivity contribution in [2.24, 2.45) is 18.9 Å². The van der Waals surface area contributed by atoms with Gasteiger partial charge in [0, 0.05) is 38.1 Å². The van der Waals surface area contributed by atoms with E-state index in [4.69, 9.17) is 0 Å². The molecule has 3 atom stereocenters. The third kappa shape index (κ3) is 4.37. The average molecular weight is 566 g/mol. The van der Waals surface area contributed by atoms with Crippen molar-refractivity contribution in [3.63, 3.8) is 0 Å². The molecule has 1 saturated heterocycles. The van der Waals surface area contributed by atoms with Crippen LogP contribution >= 0.6 is 0 Å². The maximum atomic E-state index is 13.5. The third-order valence-corrected chi connectivity index (χ3v) is 7.65. The van der Waals surface area contributed by atoms with Gasteiger partial charge in [-0.2, -0.15) is 0 Å². The highest BCUT2D eigenvalue weighted by molar-refractivity contribution is 5.93. The SMILES string of the molecule is CC(=O)Cn1c(=O)c2c(ncn2[C@@H](C)C(=O)Nc2cccc(-c3cnc(N4CC5C(C4)C5(F)F)nc3)n2)n(C)c1=O. The molecule has 5 heterocycles. The molecule has 1 saturated carbocycles. The van der Waals surface area contributed by atoms with Gasteiger partial charge < -0.3 is 14.8 Å². The summed E-state index contributed by atoms with van der Waals surface area (Å²) in [4.78, 5) is 69.5. The van der Waals surface area contributed by atoms with E-state index in [1.165, 1.54) is 24.9 Å². The monoisotopic (exact) mass is 565 g/mol. The summed E-state index contributed by atoms with van der Waals surface area (Å²) in [5.41, 5.74) is -0.264. The summed E-state index contributed by atoms with van der Waals surface area (Å²) >= 11 is 0. The summed E-state index contributed by atoms with van der Waals surface area (Å²) in [6.45, 7) is 2.88. The van der Waals surface area contributed by atoms with E-state index in [9.17, 15) is 28.0 Å². The maximum absolute atomic E-state index is 13.5. The van der Waals surface area contributed by atoms with E-state index in [1.54, 1.807) is 42.4 Å². The third-order valence-electron chi connectivity index (χ3n) is 7.65. The smallest absolute Gasteiger partial charge is 0.332 e. The highest BCUT2D eigenvalue weighted by Crippen LogP contribution is 2.59. The molecule has 2 fully saturated rings. The molecule has 41 heavy (non-hydrogen) atoms. The molecular weight excluding hydrogens is 540 g/mol. The van der Waals surface area contributed by atoms with Crippen molar-refractivity contribution in [3.8, 4) is 11.3 Å². The van der Waals surface area contributed by atoms with E-state index in [2.05, 4.69) is 25.3 Å². The van der Waals surface area contributed by atoms with E-state index in [0.29, 0.717) is 17.2 Å². The normalized spacial score (nSPS) is 19.7. The molecule has 13 nitrogen and oxygen atoms in total. The minimum Gasteiger partial charge on any atom is -0.340 e. The summed E-state index contributed by atoms with van der Waals surface area (Å²) in [6.07, 6.45) is 4.39. The summed E-state index contributed by atoms with van der Waals surface area (Å²) in [7, 11) is 1.43. The Bertz CT molecular complexity index is 1820. The quantitative estimate of drug-likeness (QED) is 0.349. The number of Topliss-reactive ketones (excluding diaryl/α,β-unsaturated/α-hetero) is 1. The molecule has 1 aliphatic carbocycles. The number of amides is 1. The number of hydrogen-bond donors (Lipinski definition) is 1. The minimum atomic E-state index is -2.58. The van der Waals surface area contributed by atoms with Gasteiger partial charge in [0.25, 0.3) is 11.5 Å². The number of hydrogen-bond acceptors (Lipinski definition) is 9. The molecule has 2 aliphatic rings. The zero-order valence-corrected chi connectivity index (χ0v) is 22.3. The summed E-state index contributed by atoms with van der Waals surface area (Å²) in [6, 6.07) is 4.07. The molecule has 2 unspecified atom stereocenters. The Hall–Kier alpha value is -4.82. The van der Waals surface area contributed by atoms with Gasteiger partial charge in [0.2, 0.25) is 11.9 Å². The fourth-order valence-electron chi connectivity index (χ4n) is 5.25. The number of carbonyl (C=O) groups is 2. The van der Waals surface area contributed by atoms with Gasteiger partial charge >= 0.3 is 5.69 Å². The topological polar surface area (TPSA) is 150 Å². The number of nitrogens with zero attached hydrogens (tertiary/aromatic N) is 8. The zero-order chi connectivity index (χ0) is 29.2. The number of pyridine rings is 1. The Balaban J connectivity index is 1.20. The lowest BCUT2D eigenvalue weighted by Crippen LogP contribution is -2.41. The number of anilines is 2. The number of halogens is 2. The van der Waals surface area contributed by atoms with Crippen molar-refractivity contribution < 1.29 is 18.4 Å². The second-order valence-corrected chi connectivity index (χ2v) is 10.4. The van der Waals surface area contributed by atoms with Crippen LogP contribution in [0.5, 0.6) is 0 Å². The molecular formula is C26H25F2N9O4. The Labute approximate surface area is 230 Å². The van der Waals surface area contributed by atoms with Gasteiger partial charge in [-0.15, -0.1) is 0 Å². The first-order valence-electron chi connectivity index (χ1n) is 12.9. The van der Waals surface area contributed by atoms with Gasteiger partial charge in [-0.1, -0.05) is 6.07 Å². The number of ketones is 1. The molecule has 0 spiro atoms. The highest BCUT2D eigenvalue weighted by Gasteiger charge is 2.72. The van der Waals surface area contributed by atoms with Gasteiger partial charge in [0.05, 0.1) is 30.4 Å². The summed E-state index contributed by atoms with van der Waals surface area (Å²) in [5.74, 6) is -4.12. The number of alkyl halides is 2. The van der Waals surface area contributed by atoms with E-state index in [-0.39, 0.29) is 35.9 Å². The maximum Gasteiger partial charge on any atom is 0.332 e. The van der Waals surface area contributed by atoms with Gasteiger partial charge in [0.15, 0.2) is 11.2 Å². The molecule has 0 bridgehead atoms. The van der Waals surface area contributed by atoms with Crippen LogP contribution in [0.4, 0.5) is 20.5 Å². The lowest BCUT2D eigenvalue weighted by molar-refractivity contribution is -0.119. The van der Waals surface area contributed by atoms with Crippen LogP contribution in [0.15, 0.2) is 46.5 Å². The summed E-state index contributed by atoms with van der Waals surface area (Å²) < 4.78 is 30.3. The Morgan fingerprint density at radius 3 is 2.46 bits per heavy atom. The van der Waals surface area contributed by atoms with Crippen molar-refractivity contribution in [3.05, 3.63) is 57.8 Å². The van der Waals surface area contributed by atoms with Gasteiger partial charge in [-0.25, -0.2) is 33.5 Å². The van der Waals surface area contributed by atoms with Gasteiger partial charge in [-0.3, -0.25) is 23.5 Å². The lowest BCUT2D eigenvalue weighted by atomic mass is 10.2. The molecule has 0 aromatic carbocycles. The molecule has 212 valence electrons. The molecule has 1 N–H and O–H groups in total. The first-order chi connectivity index (χ1) is 19.5. The van der Waals surface area contributed by atoms with Crippen molar-refractivity contribution in [2.45, 2.75) is 32.4 Å². The standard InChI is InChI=1S/C26H25F2N9O4/c1-13(38)9-36-23(40)20-21(34(3)25(36)41)31-12-37(20)14(2)22(39)33-19-6-4-5-18(32-19)15-7-29-24(30-8-15)35-10-16-17(11-35)26(16,27)28/h4-8,12,14,16-17H,9-11H2,1-3H3,(H,32,33,39)/t14-,16?,17?/m0/s1. The molecule has 4 aromatic rings. The van der Waals surface area contributed by atoms with Gasteiger partial charge in [-0.05, 0) is 26.0 Å². The number of fused-ring (bicyclic) bond motifs is 2. The average Bonchev–Trinajstić information content (AvgIpc) is 3.38. The number of nitrogens with one attached hydrogen (secondary N) is 1. The van der Waals surface area contributed by atoms with Crippen molar-refractivity contribution in [1.82, 2.24) is 33.6 Å². The molecule has 6 rings (SSSR count). The van der Waals surface area contributed by atoms with Crippen molar-refractivity contribution in [1.29, 1.82) is 0 Å². The Morgan fingerprint density at radius 2 is 1.80 bits per heavy atom. The van der Waals surface area contributed by atoms with Crippen LogP contribution in [0.2, 0.25) is 0 Å². The Kier molecular flexibility index (Phi) is 6.04. The van der Waals surface area contributed by atoms with Crippen LogP contribution in [-0.2, 0) is 23.2 Å². The number of piperidine rings is 1. The predicted octanol–water partition coefficient (Wildman–Crippen LogP) is 1.24. The molecule has 0 radical (unpaired) electrons. The van der Waals surface area contributed by atoms with Crippen LogP contribution in [0.1, 0.15) is 19.9 Å². The van der Waals surface area contributed by atoms with Crippen molar-refractivity contribution in [2.75, 3.05) is 23.3 Å². The summed E-state index contributed by atoms with van der Waals surface area (Å²) in [5, 5.41) is 2.72. The van der Waals surface area contributed by atoms with Gasteiger partial charge in [0.1, 0.15) is 17.6 Å². The van der Waals surface area contributed by atoms with E-state index < -0.39 is 47.5 Å². The fourth-order valence-corrected chi connectivity index (χ4v) is 5.25. The Morgan fingerprint density at radius 1 is 1.12 bits per heavy atom. The first-order valence-corrected chi connectivity index (χ1v) is 12.9.